The van der Waals surface area contributed by atoms with Crippen molar-refractivity contribution in [2.45, 2.75) is 13.5 Å². The van der Waals surface area contributed by atoms with E-state index in [1.807, 2.05) is 73.8 Å². The zero-order chi connectivity index (χ0) is 23.5. The van der Waals surface area contributed by atoms with Crippen molar-refractivity contribution in [1.29, 1.82) is 0 Å². The number of hydrogen-bond acceptors (Lipinski definition) is 4. The normalized spacial score (nSPS) is 13.8. The Labute approximate surface area is 198 Å². The molecule has 0 aliphatic carbocycles. The molecule has 0 saturated carbocycles. The van der Waals surface area contributed by atoms with Crippen LogP contribution in [0, 0.1) is 12.7 Å². The van der Waals surface area contributed by atoms with Gasteiger partial charge in [-0.15, -0.1) is 0 Å². The second kappa shape index (κ2) is 9.51. The Balaban J connectivity index is 1.31. The van der Waals surface area contributed by atoms with Crippen molar-refractivity contribution in [3.63, 3.8) is 0 Å². The summed E-state index contributed by atoms with van der Waals surface area (Å²) in [5.41, 5.74) is 3.92. The van der Waals surface area contributed by atoms with E-state index in [0.717, 1.165) is 54.0 Å². The Bertz CT molecular complexity index is 1300. The summed E-state index contributed by atoms with van der Waals surface area (Å²) < 4.78 is 13.3. The molecule has 1 fully saturated rings. The molecule has 5 rings (SSSR count). The molecule has 5 nitrogen and oxygen atoms in total. The van der Waals surface area contributed by atoms with E-state index in [9.17, 15) is 9.18 Å². The van der Waals surface area contributed by atoms with Crippen LogP contribution < -0.4 is 15.1 Å². The number of carbonyl (C=O) groups excluding carboxylic acids is 1. The minimum atomic E-state index is -0.221. The molecule has 34 heavy (non-hydrogen) atoms. The number of nitrogens with one attached hydrogen (secondary N) is 1. The molecule has 1 aromatic heterocycles. The molecule has 1 saturated heterocycles. The van der Waals surface area contributed by atoms with E-state index < -0.39 is 0 Å². The van der Waals surface area contributed by atoms with E-state index in [0.29, 0.717) is 12.1 Å². The number of pyridine rings is 1. The molecule has 0 unspecified atom stereocenters. The van der Waals surface area contributed by atoms with Crippen LogP contribution in [0.1, 0.15) is 21.5 Å². The molecule has 1 N–H and O–H groups in total. The third-order valence-electron chi connectivity index (χ3n) is 6.35. The van der Waals surface area contributed by atoms with Gasteiger partial charge in [-0.05, 0) is 60.3 Å². The van der Waals surface area contributed by atoms with E-state index in [4.69, 9.17) is 0 Å². The predicted octanol–water partition coefficient (Wildman–Crippen LogP) is 4.94. The lowest BCUT2D eigenvalue weighted by molar-refractivity contribution is 0.0951. The average Bonchev–Trinajstić information content (AvgIpc) is 2.88. The van der Waals surface area contributed by atoms with Gasteiger partial charge in [-0.2, -0.15) is 0 Å². The molecule has 3 aromatic carbocycles. The fraction of sp³-hybridized carbons (Fsp3) is 0.214. The summed E-state index contributed by atoms with van der Waals surface area (Å²) in [7, 11) is 0. The van der Waals surface area contributed by atoms with E-state index in [2.05, 4.69) is 20.1 Å². The van der Waals surface area contributed by atoms with Crippen LogP contribution in [0.25, 0.3) is 10.8 Å². The van der Waals surface area contributed by atoms with Crippen LogP contribution in [-0.4, -0.2) is 37.1 Å². The molecule has 0 bridgehead atoms. The van der Waals surface area contributed by atoms with Crippen molar-refractivity contribution in [1.82, 2.24) is 10.3 Å². The Hall–Kier alpha value is -3.93. The summed E-state index contributed by atoms with van der Waals surface area (Å²) >= 11 is 0. The number of amides is 1. The fourth-order valence-corrected chi connectivity index (χ4v) is 4.36. The SMILES string of the molecule is Cc1ccc(CNC(=O)c2ccc3ccnc(N4CCN(c5ccc(F)cc5)CC4)c3c2)cc1. The molecule has 1 aliphatic rings. The van der Waals surface area contributed by atoms with Crippen LogP contribution in [0.5, 0.6) is 0 Å². The molecular weight excluding hydrogens is 427 g/mol. The lowest BCUT2D eigenvalue weighted by Crippen LogP contribution is -2.46. The second-order valence-electron chi connectivity index (χ2n) is 8.69. The number of halogens is 1. The van der Waals surface area contributed by atoms with Crippen LogP contribution in [0.15, 0.2) is 79.0 Å². The lowest BCUT2D eigenvalue weighted by atomic mass is 10.1. The number of rotatable bonds is 5. The molecule has 172 valence electrons. The smallest absolute Gasteiger partial charge is 0.251 e. The van der Waals surface area contributed by atoms with Gasteiger partial charge in [-0.1, -0.05) is 35.9 Å². The van der Waals surface area contributed by atoms with Crippen LogP contribution in [0.2, 0.25) is 0 Å². The van der Waals surface area contributed by atoms with Crippen LogP contribution in [-0.2, 0) is 6.54 Å². The summed E-state index contributed by atoms with van der Waals surface area (Å²) in [6.45, 7) is 5.77. The molecule has 0 spiro atoms. The van der Waals surface area contributed by atoms with Crippen molar-refractivity contribution in [2.24, 2.45) is 0 Å². The average molecular weight is 455 g/mol. The maximum absolute atomic E-state index is 13.3. The highest BCUT2D eigenvalue weighted by Gasteiger charge is 2.20. The molecule has 4 aromatic rings. The molecule has 6 heteroatoms. The highest BCUT2D eigenvalue weighted by atomic mass is 19.1. The molecular formula is C28H27FN4O. The monoisotopic (exact) mass is 454 g/mol. The maximum Gasteiger partial charge on any atom is 0.251 e. The van der Waals surface area contributed by atoms with Crippen molar-refractivity contribution in [3.8, 4) is 0 Å². The van der Waals surface area contributed by atoms with Crippen molar-refractivity contribution >= 4 is 28.2 Å². The Morgan fingerprint density at radius 2 is 1.62 bits per heavy atom. The minimum Gasteiger partial charge on any atom is -0.368 e. The number of aryl methyl sites for hydroxylation is 1. The molecule has 1 aliphatic heterocycles. The van der Waals surface area contributed by atoms with Crippen LogP contribution >= 0.6 is 0 Å². The highest BCUT2D eigenvalue weighted by Crippen LogP contribution is 2.27. The van der Waals surface area contributed by atoms with Crippen molar-refractivity contribution in [3.05, 3.63) is 102 Å². The van der Waals surface area contributed by atoms with E-state index in [-0.39, 0.29) is 11.7 Å². The quantitative estimate of drug-likeness (QED) is 0.464. The zero-order valence-electron chi connectivity index (χ0n) is 19.2. The molecule has 1 amide bonds. The number of anilines is 2. The summed E-state index contributed by atoms with van der Waals surface area (Å²) in [6, 6.07) is 22.6. The van der Waals surface area contributed by atoms with E-state index in [1.54, 1.807) is 0 Å². The number of carbonyl (C=O) groups is 1. The first-order valence-corrected chi connectivity index (χ1v) is 11.5. The van der Waals surface area contributed by atoms with Gasteiger partial charge < -0.3 is 15.1 Å². The Morgan fingerprint density at radius 1 is 0.912 bits per heavy atom. The largest absolute Gasteiger partial charge is 0.368 e. The van der Waals surface area contributed by atoms with Crippen LogP contribution in [0.3, 0.4) is 0 Å². The second-order valence-corrected chi connectivity index (χ2v) is 8.69. The van der Waals surface area contributed by atoms with Crippen molar-refractivity contribution < 1.29 is 9.18 Å². The molecule has 2 heterocycles. The van der Waals surface area contributed by atoms with Gasteiger partial charge in [0, 0.05) is 55.6 Å². The van der Waals surface area contributed by atoms with Gasteiger partial charge in [0.2, 0.25) is 0 Å². The van der Waals surface area contributed by atoms with Gasteiger partial charge in [0.15, 0.2) is 0 Å². The topological polar surface area (TPSA) is 48.5 Å². The first kappa shape index (κ1) is 21.9. The summed E-state index contributed by atoms with van der Waals surface area (Å²) in [5.74, 6) is 0.573. The van der Waals surface area contributed by atoms with Gasteiger partial charge >= 0.3 is 0 Å². The van der Waals surface area contributed by atoms with Gasteiger partial charge in [0.1, 0.15) is 11.6 Å². The van der Waals surface area contributed by atoms with Gasteiger partial charge in [-0.25, -0.2) is 9.37 Å². The van der Waals surface area contributed by atoms with E-state index >= 15 is 0 Å². The van der Waals surface area contributed by atoms with Gasteiger partial charge in [0.25, 0.3) is 5.91 Å². The zero-order valence-corrected chi connectivity index (χ0v) is 19.2. The van der Waals surface area contributed by atoms with E-state index in [1.165, 1.54) is 17.7 Å². The Morgan fingerprint density at radius 3 is 2.35 bits per heavy atom. The lowest BCUT2D eigenvalue weighted by Gasteiger charge is -2.37. The summed E-state index contributed by atoms with van der Waals surface area (Å²) in [5, 5.41) is 5.05. The van der Waals surface area contributed by atoms with Crippen molar-refractivity contribution in [2.75, 3.05) is 36.0 Å². The number of fused-ring (bicyclic) bond motifs is 1. The maximum atomic E-state index is 13.3. The molecule has 0 atom stereocenters. The Kier molecular flexibility index (Phi) is 6.12. The summed E-state index contributed by atoms with van der Waals surface area (Å²) in [4.78, 5) is 22.0. The van der Waals surface area contributed by atoms with Gasteiger partial charge in [-0.3, -0.25) is 4.79 Å². The summed E-state index contributed by atoms with van der Waals surface area (Å²) in [6.07, 6.45) is 1.82. The van der Waals surface area contributed by atoms with Gasteiger partial charge in [0.05, 0.1) is 0 Å². The standard InChI is InChI=1S/C28H27FN4O/c1-20-2-4-21(5-3-20)19-31-28(34)23-7-6-22-12-13-30-27(26(22)18-23)33-16-14-32(15-17-33)25-10-8-24(29)9-11-25/h2-13,18H,14-17,19H2,1H3,(H,31,34). The molecule has 0 radical (unpaired) electrons. The minimum absolute atomic E-state index is 0.0987. The fourth-order valence-electron chi connectivity index (χ4n) is 4.36. The first-order valence-electron chi connectivity index (χ1n) is 11.5. The highest BCUT2D eigenvalue weighted by molar-refractivity contribution is 6.01. The number of aromatic nitrogens is 1. The number of piperazine rings is 1. The van der Waals surface area contributed by atoms with Crippen LogP contribution in [0.4, 0.5) is 15.9 Å². The number of hydrogen-bond donors (Lipinski definition) is 1. The number of nitrogens with zero attached hydrogens (tertiary/aromatic N) is 3. The third kappa shape index (κ3) is 4.71. The third-order valence-corrected chi connectivity index (χ3v) is 6.35. The number of benzene rings is 3. The predicted molar refractivity (Wildman–Crippen MR) is 135 cm³/mol. The first-order chi connectivity index (χ1) is 16.6.